The molecule has 0 bridgehead atoms. The summed E-state index contributed by atoms with van der Waals surface area (Å²) in [6.07, 6.45) is 2.13. The molecule has 2 rings (SSSR count). The first-order valence-corrected chi connectivity index (χ1v) is 5.80. The third-order valence-corrected chi connectivity index (χ3v) is 2.47. The summed E-state index contributed by atoms with van der Waals surface area (Å²) in [6, 6.07) is 14.1. The molecule has 0 radical (unpaired) electrons. The van der Waals surface area contributed by atoms with Crippen LogP contribution in [-0.2, 0) is 6.42 Å². The van der Waals surface area contributed by atoms with Crippen molar-refractivity contribution in [3.63, 3.8) is 0 Å². The summed E-state index contributed by atoms with van der Waals surface area (Å²) in [5.74, 6) is 0.993. The van der Waals surface area contributed by atoms with E-state index in [0.29, 0.717) is 5.75 Å². The Morgan fingerprint density at radius 2 is 1.71 bits per heavy atom. The highest BCUT2D eigenvalue weighted by Crippen LogP contribution is 2.23. The smallest absolute Gasteiger partial charge is 0.130 e. The van der Waals surface area contributed by atoms with Gasteiger partial charge in [-0.3, -0.25) is 0 Å². The van der Waals surface area contributed by atoms with Crippen LogP contribution in [0.25, 0.3) is 0 Å². The van der Waals surface area contributed by atoms with Gasteiger partial charge in [-0.25, -0.2) is 4.39 Å². The van der Waals surface area contributed by atoms with E-state index >= 15 is 0 Å². The Labute approximate surface area is 101 Å². The molecule has 0 fully saturated rings. The highest BCUT2D eigenvalue weighted by molar-refractivity contribution is 5.34. The molecule has 2 aromatic rings. The molecular weight excluding hydrogens is 215 g/mol. The van der Waals surface area contributed by atoms with Gasteiger partial charge in [-0.15, -0.1) is 0 Å². The highest BCUT2D eigenvalue weighted by atomic mass is 19.1. The summed E-state index contributed by atoms with van der Waals surface area (Å²) in [4.78, 5) is 0. The Morgan fingerprint density at radius 1 is 1.00 bits per heavy atom. The summed E-state index contributed by atoms with van der Waals surface area (Å²) < 4.78 is 18.6. The standard InChI is InChI=1S/C15H15FO/c1-2-5-12-6-3-8-14(10-12)17-15-9-4-7-13(16)11-15/h3-4,6-11H,2,5H2,1H3. The Kier molecular flexibility index (Phi) is 3.76. The first-order chi connectivity index (χ1) is 8.28. The second kappa shape index (κ2) is 5.48. The molecule has 0 spiro atoms. The van der Waals surface area contributed by atoms with Crippen LogP contribution >= 0.6 is 0 Å². The van der Waals surface area contributed by atoms with Crippen molar-refractivity contribution in [2.45, 2.75) is 19.8 Å². The van der Waals surface area contributed by atoms with Crippen molar-refractivity contribution in [2.75, 3.05) is 0 Å². The predicted octanol–water partition coefficient (Wildman–Crippen LogP) is 4.57. The van der Waals surface area contributed by atoms with Crippen LogP contribution in [0.15, 0.2) is 48.5 Å². The van der Waals surface area contributed by atoms with Gasteiger partial charge in [-0.2, -0.15) is 0 Å². The van der Waals surface area contributed by atoms with Crippen molar-refractivity contribution in [1.82, 2.24) is 0 Å². The maximum Gasteiger partial charge on any atom is 0.130 e. The topological polar surface area (TPSA) is 9.23 Å². The average molecular weight is 230 g/mol. The monoisotopic (exact) mass is 230 g/mol. The molecule has 0 heterocycles. The Bertz CT molecular complexity index is 494. The second-order valence-electron chi connectivity index (χ2n) is 3.96. The molecular formula is C15H15FO. The molecule has 0 unspecified atom stereocenters. The van der Waals surface area contributed by atoms with E-state index < -0.39 is 0 Å². The molecule has 2 heteroatoms. The molecule has 88 valence electrons. The first-order valence-electron chi connectivity index (χ1n) is 5.80. The van der Waals surface area contributed by atoms with Gasteiger partial charge in [0.2, 0.25) is 0 Å². The molecule has 0 amide bonds. The van der Waals surface area contributed by atoms with E-state index in [4.69, 9.17) is 4.74 Å². The van der Waals surface area contributed by atoms with E-state index in [0.717, 1.165) is 18.6 Å². The number of rotatable bonds is 4. The van der Waals surface area contributed by atoms with Gasteiger partial charge in [0.25, 0.3) is 0 Å². The van der Waals surface area contributed by atoms with Crippen LogP contribution in [0.4, 0.5) is 4.39 Å². The zero-order valence-corrected chi connectivity index (χ0v) is 9.82. The van der Waals surface area contributed by atoms with E-state index in [2.05, 4.69) is 13.0 Å². The maximum absolute atomic E-state index is 13.0. The van der Waals surface area contributed by atoms with Gasteiger partial charge in [0.1, 0.15) is 17.3 Å². The normalized spacial score (nSPS) is 10.2. The molecule has 0 saturated heterocycles. The third-order valence-electron chi connectivity index (χ3n) is 2.47. The summed E-state index contributed by atoms with van der Waals surface area (Å²) in [7, 11) is 0. The van der Waals surface area contributed by atoms with Crippen molar-refractivity contribution in [2.24, 2.45) is 0 Å². The molecule has 0 aliphatic carbocycles. The summed E-state index contributed by atoms with van der Waals surface area (Å²) in [6.45, 7) is 2.14. The van der Waals surface area contributed by atoms with Crippen LogP contribution in [-0.4, -0.2) is 0 Å². The fourth-order valence-corrected chi connectivity index (χ4v) is 1.72. The summed E-state index contributed by atoms with van der Waals surface area (Å²) in [5, 5.41) is 0. The lowest BCUT2D eigenvalue weighted by molar-refractivity contribution is 0.476. The molecule has 0 aliphatic rings. The van der Waals surface area contributed by atoms with Gasteiger partial charge in [-0.05, 0) is 36.2 Å². The molecule has 0 saturated carbocycles. The number of ether oxygens (including phenoxy) is 1. The number of aryl methyl sites for hydroxylation is 1. The molecule has 17 heavy (non-hydrogen) atoms. The number of hydrogen-bond acceptors (Lipinski definition) is 1. The van der Waals surface area contributed by atoms with E-state index in [1.165, 1.54) is 17.7 Å². The highest BCUT2D eigenvalue weighted by Gasteiger charge is 2.00. The van der Waals surface area contributed by atoms with Crippen LogP contribution < -0.4 is 4.74 Å². The molecule has 0 aliphatic heterocycles. The average Bonchev–Trinajstić information content (AvgIpc) is 2.30. The zero-order chi connectivity index (χ0) is 12.1. The fourth-order valence-electron chi connectivity index (χ4n) is 1.72. The Hall–Kier alpha value is -1.83. The van der Waals surface area contributed by atoms with E-state index in [9.17, 15) is 4.39 Å². The predicted molar refractivity (Wildman–Crippen MR) is 66.9 cm³/mol. The minimum Gasteiger partial charge on any atom is -0.457 e. The Balaban J connectivity index is 2.15. The number of benzene rings is 2. The molecule has 0 atom stereocenters. The lowest BCUT2D eigenvalue weighted by atomic mass is 10.1. The van der Waals surface area contributed by atoms with Crippen molar-refractivity contribution < 1.29 is 9.13 Å². The van der Waals surface area contributed by atoms with E-state index in [-0.39, 0.29) is 5.82 Å². The minimum atomic E-state index is -0.285. The zero-order valence-electron chi connectivity index (χ0n) is 9.82. The van der Waals surface area contributed by atoms with Crippen LogP contribution in [0, 0.1) is 5.82 Å². The quantitative estimate of drug-likeness (QED) is 0.747. The van der Waals surface area contributed by atoms with Crippen LogP contribution in [0.1, 0.15) is 18.9 Å². The van der Waals surface area contributed by atoms with Gasteiger partial charge in [0, 0.05) is 6.07 Å². The largest absolute Gasteiger partial charge is 0.457 e. The van der Waals surface area contributed by atoms with Crippen molar-refractivity contribution in [1.29, 1.82) is 0 Å². The van der Waals surface area contributed by atoms with Gasteiger partial charge in [-0.1, -0.05) is 31.5 Å². The van der Waals surface area contributed by atoms with Crippen molar-refractivity contribution in [3.05, 3.63) is 59.9 Å². The first kappa shape index (κ1) is 11.6. The fraction of sp³-hybridized carbons (Fsp3) is 0.200. The van der Waals surface area contributed by atoms with E-state index in [1.807, 2.05) is 18.2 Å². The summed E-state index contributed by atoms with van der Waals surface area (Å²) in [5.41, 5.74) is 1.24. The minimum absolute atomic E-state index is 0.285. The van der Waals surface area contributed by atoms with Gasteiger partial charge < -0.3 is 4.74 Å². The van der Waals surface area contributed by atoms with Gasteiger partial charge in [0.05, 0.1) is 0 Å². The lowest BCUT2D eigenvalue weighted by Gasteiger charge is -2.07. The number of hydrogen-bond donors (Lipinski definition) is 0. The third kappa shape index (κ3) is 3.31. The van der Waals surface area contributed by atoms with Crippen LogP contribution in [0.3, 0.4) is 0 Å². The van der Waals surface area contributed by atoms with Crippen molar-refractivity contribution in [3.8, 4) is 11.5 Å². The molecule has 0 N–H and O–H groups in total. The van der Waals surface area contributed by atoms with Crippen LogP contribution in [0.5, 0.6) is 11.5 Å². The van der Waals surface area contributed by atoms with E-state index in [1.54, 1.807) is 12.1 Å². The summed E-state index contributed by atoms with van der Waals surface area (Å²) >= 11 is 0. The second-order valence-corrected chi connectivity index (χ2v) is 3.96. The number of halogens is 1. The maximum atomic E-state index is 13.0. The molecule has 2 aromatic carbocycles. The Morgan fingerprint density at radius 3 is 2.41 bits per heavy atom. The molecule has 1 nitrogen and oxygen atoms in total. The SMILES string of the molecule is CCCc1cccc(Oc2cccc(F)c2)c1. The lowest BCUT2D eigenvalue weighted by Crippen LogP contribution is -1.88. The van der Waals surface area contributed by atoms with Gasteiger partial charge in [0.15, 0.2) is 0 Å². The molecule has 0 aromatic heterocycles. The van der Waals surface area contributed by atoms with Crippen molar-refractivity contribution >= 4 is 0 Å². The van der Waals surface area contributed by atoms with Crippen LogP contribution in [0.2, 0.25) is 0 Å². The van der Waals surface area contributed by atoms with Gasteiger partial charge >= 0.3 is 0 Å².